The Morgan fingerprint density at radius 3 is 2.11 bits per heavy atom. The van der Waals surface area contributed by atoms with Gasteiger partial charge in [-0.1, -0.05) is 0 Å². The van der Waals surface area contributed by atoms with Crippen LogP contribution in [0.4, 0.5) is 0 Å². The highest BCUT2D eigenvalue weighted by molar-refractivity contribution is 7.57. The van der Waals surface area contributed by atoms with Crippen LogP contribution in [0.1, 0.15) is 26.3 Å². The van der Waals surface area contributed by atoms with Crippen molar-refractivity contribution in [3.05, 3.63) is 17.7 Å². The predicted molar refractivity (Wildman–Crippen MR) is 99.4 cm³/mol. The number of ether oxygens (including phenoxy) is 4. The highest BCUT2D eigenvalue weighted by Gasteiger charge is 2.33. The van der Waals surface area contributed by atoms with Gasteiger partial charge in [-0.3, -0.25) is 9.36 Å². The molecule has 1 aromatic carbocycles. The smallest absolute Gasteiger partial charge is 0.342 e. The van der Waals surface area contributed by atoms with Crippen molar-refractivity contribution in [2.75, 3.05) is 27.7 Å². The molecule has 27 heavy (non-hydrogen) atoms. The maximum absolute atomic E-state index is 13.2. The van der Waals surface area contributed by atoms with E-state index >= 15 is 0 Å². The third-order valence-electron chi connectivity index (χ3n) is 3.34. The molecule has 0 heterocycles. The van der Waals surface area contributed by atoms with Crippen molar-refractivity contribution in [1.82, 2.24) is 5.09 Å². The highest BCUT2D eigenvalue weighted by atomic mass is 31.2. The zero-order valence-electron chi connectivity index (χ0n) is 16.5. The van der Waals surface area contributed by atoms with Gasteiger partial charge in [0, 0.05) is 7.11 Å². The second-order valence-electron chi connectivity index (χ2n) is 6.01. The van der Waals surface area contributed by atoms with E-state index in [0.717, 1.165) is 0 Å². The molecule has 1 unspecified atom stereocenters. The lowest BCUT2D eigenvalue weighted by molar-refractivity contribution is -0.149. The van der Waals surface area contributed by atoms with Gasteiger partial charge in [0.05, 0.1) is 26.9 Å². The van der Waals surface area contributed by atoms with Crippen LogP contribution in [-0.4, -0.2) is 50.9 Å². The van der Waals surface area contributed by atoms with Gasteiger partial charge in [-0.15, -0.1) is 0 Å². The van der Waals surface area contributed by atoms with Gasteiger partial charge < -0.3 is 28.6 Å². The number of carbonyl (C=O) groups is 1. The minimum atomic E-state index is -3.69. The van der Waals surface area contributed by atoms with Gasteiger partial charge in [0.1, 0.15) is 12.4 Å². The lowest BCUT2D eigenvalue weighted by atomic mass is 10.2. The van der Waals surface area contributed by atoms with Crippen LogP contribution >= 0.6 is 7.52 Å². The molecule has 0 bridgehead atoms. The zero-order valence-corrected chi connectivity index (χ0v) is 17.4. The maximum Gasteiger partial charge on any atom is 0.342 e. The molecule has 0 saturated heterocycles. The van der Waals surface area contributed by atoms with Crippen molar-refractivity contribution < 1.29 is 37.9 Å². The summed E-state index contributed by atoms with van der Waals surface area (Å²) in [5, 5.41) is 12.0. The number of carbonyl (C=O) groups excluding carboxylic acids is 1. The van der Waals surface area contributed by atoms with Crippen molar-refractivity contribution in [1.29, 1.82) is 0 Å². The highest BCUT2D eigenvalue weighted by Crippen LogP contribution is 2.50. The van der Waals surface area contributed by atoms with Crippen LogP contribution < -0.4 is 19.1 Å². The molecule has 0 amide bonds. The van der Waals surface area contributed by atoms with E-state index in [9.17, 15) is 14.5 Å². The SMILES string of the molecule is COCP(=O)(N[C@@H](C)C(=O)OC(C)C)Oc1c(OC)cc(CO)cc1OC. The predicted octanol–water partition coefficient (Wildman–Crippen LogP) is 2.30. The summed E-state index contributed by atoms with van der Waals surface area (Å²) in [6, 6.07) is 2.17. The summed E-state index contributed by atoms with van der Waals surface area (Å²) in [5.41, 5.74) is 0.527. The molecule has 154 valence electrons. The second kappa shape index (κ2) is 10.5. The first-order valence-corrected chi connectivity index (χ1v) is 10.1. The van der Waals surface area contributed by atoms with Crippen LogP contribution in [0.25, 0.3) is 0 Å². The average molecular weight is 405 g/mol. The fourth-order valence-corrected chi connectivity index (χ4v) is 3.90. The Hall–Kier alpha value is -1.80. The summed E-state index contributed by atoms with van der Waals surface area (Å²) in [7, 11) is 0.471. The molecule has 0 spiro atoms. The number of methoxy groups -OCH3 is 3. The van der Waals surface area contributed by atoms with Crippen molar-refractivity contribution in [2.24, 2.45) is 0 Å². The largest absolute Gasteiger partial charge is 0.493 e. The average Bonchev–Trinajstić information content (AvgIpc) is 2.61. The Kier molecular flexibility index (Phi) is 9.05. The molecule has 0 radical (unpaired) electrons. The van der Waals surface area contributed by atoms with E-state index in [2.05, 4.69) is 5.09 Å². The molecule has 2 atom stereocenters. The molecule has 0 aliphatic rings. The van der Waals surface area contributed by atoms with E-state index in [1.54, 1.807) is 13.8 Å². The molecule has 0 fully saturated rings. The Labute approximate surface area is 159 Å². The number of rotatable bonds is 11. The first-order valence-electron chi connectivity index (χ1n) is 8.31. The summed E-state index contributed by atoms with van der Waals surface area (Å²) in [6.07, 6.45) is -0.615. The fourth-order valence-electron chi connectivity index (χ4n) is 2.20. The molecule has 0 aliphatic carbocycles. The Morgan fingerprint density at radius 2 is 1.70 bits per heavy atom. The number of aliphatic hydroxyl groups excluding tert-OH is 1. The van der Waals surface area contributed by atoms with E-state index < -0.39 is 19.5 Å². The third-order valence-corrected chi connectivity index (χ3v) is 5.19. The van der Waals surface area contributed by atoms with Gasteiger partial charge in [-0.25, -0.2) is 5.09 Å². The molecule has 10 heteroatoms. The molecular weight excluding hydrogens is 377 g/mol. The topological polar surface area (TPSA) is 113 Å². The quantitative estimate of drug-likeness (QED) is 0.423. The first kappa shape index (κ1) is 23.2. The second-order valence-corrected chi connectivity index (χ2v) is 8.05. The fraction of sp³-hybridized carbons (Fsp3) is 0.588. The first-order chi connectivity index (χ1) is 12.7. The molecule has 1 rings (SSSR count). The number of esters is 1. The monoisotopic (exact) mass is 405 g/mol. The van der Waals surface area contributed by atoms with Gasteiger partial charge in [-0.05, 0) is 38.5 Å². The Morgan fingerprint density at radius 1 is 1.15 bits per heavy atom. The van der Waals surface area contributed by atoms with Crippen LogP contribution in [0.15, 0.2) is 12.1 Å². The molecule has 9 nitrogen and oxygen atoms in total. The minimum Gasteiger partial charge on any atom is -0.493 e. The lowest BCUT2D eigenvalue weighted by Gasteiger charge is -2.25. The summed E-state index contributed by atoms with van der Waals surface area (Å²) >= 11 is 0. The Balaban J connectivity index is 3.18. The molecule has 0 aromatic heterocycles. The third kappa shape index (κ3) is 6.70. The molecule has 0 saturated carbocycles. The van der Waals surface area contributed by atoms with E-state index in [0.29, 0.717) is 5.56 Å². The number of benzene rings is 1. The van der Waals surface area contributed by atoms with Gasteiger partial charge in [-0.2, -0.15) is 0 Å². The van der Waals surface area contributed by atoms with E-state index in [-0.39, 0.29) is 36.3 Å². The summed E-state index contributed by atoms with van der Waals surface area (Å²) in [6.45, 7) is 4.71. The van der Waals surface area contributed by atoms with E-state index in [1.807, 2.05) is 0 Å². The molecular formula is C17H28NO8P. The summed E-state index contributed by atoms with van der Waals surface area (Å²) in [5.74, 6) is -0.0723. The number of aliphatic hydroxyl groups is 1. The maximum atomic E-state index is 13.2. The summed E-state index contributed by atoms with van der Waals surface area (Å²) < 4.78 is 39.6. The van der Waals surface area contributed by atoms with Crippen LogP contribution in [0, 0.1) is 0 Å². The van der Waals surface area contributed by atoms with E-state index in [1.165, 1.54) is 40.4 Å². The number of hydrogen-bond donors (Lipinski definition) is 2. The van der Waals surface area contributed by atoms with Crippen LogP contribution in [-0.2, 0) is 25.4 Å². The minimum absolute atomic E-state index is 0.0644. The van der Waals surface area contributed by atoms with Crippen LogP contribution in [0.3, 0.4) is 0 Å². The van der Waals surface area contributed by atoms with Gasteiger partial charge in [0.25, 0.3) is 0 Å². The lowest BCUT2D eigenvalue weighted by Crippen LogP contribution is -2.36. The molecule has 0 aliphatic heterocycles. The zero-order chi connectivity index (χ0) is 20.6. The van der Waals surface area contributed by atoms with Crippen molar-refractivity contribution in [3.8, 4) is 17.2 Å². The van der Waals surface area contributed by atoms with Crippen molar-refractivity contribution >= 4 is 13.5 Å². The normalized spacial score (nSPS) is 14.4. The molecule has 1 aromatic rings. The van der Waals surface area contributed by atoms with Crippen LogP contribution in [0.5, 0.6) is 17.2 Å². The van der Waals surface area contributed by atoms with Gasteiger partial charge in [0.2, 0.25) is 5.75 Å². The Bertz CT molecular complexity index is 654. The number of hydrogen-bond acceptors (Lipinski definition) is 8. The number of nitrogens with one attached hydrogen (secondary N) is 1. The van der Waals surface area contributed by atoms with Gasteiger partial charge >= 0.3 is 13.5 Å². The standard InChI is InChI=1S/C17H28NO8P/c1-11(2)25-17(20)12(3)18-27(21,10-22-4)26-16-14(23-5)7-13(9-19)8-15(16)24-6/h7-8,11-12,19H,9-10H2,1-6H3,(H,18,21)/t12-,27?/m0/s1. The van der Waals surface area contributed by atoms with Crippen molar-refractivity contribution in [3.63, 3.8) is 0 Å². The summed E-state index contributed by atoms with van der Waals surface area (Å²) in [4.78, 5) is 12.0. The van der Waals surface area contributed by atoms with Crippen LogP contribution in [0.2, 0.25) is 0 Å². The van der Waals surface area contributed by atoms with Gasteiger partial charge in [0.15, 0.2) is 11.5 Å². The van der Waals surface area contributed by atoms with E-state index in [4.69, 9.17) is 23.5 Å². The van der Waals surface area contributed by atoms with Crippen molar-refractivity contribution in [2.45, 2.75) is 39.5 Å². The molecule has 2 N–H and O–H groups in total.